The van der Waals surface area contributed by atoms with Crippen molar-refractivity contribution in [1.29, 1.82) is 0 Å². The zero-order valence-electron chi connectivity index (χ0n) is 12.4. The Hall–Kier alpha value is -1.74. The second kappa shape index (κ2) is 7.32. The van der Waals surface area contributed by atoms with Gasteiger partial charge in [0.15, 0.2) is 0 Å². The lowest BCUT2D eigenvalue weighted by atomic mass is 9.96. The van der Waals surface area contributed by atoms with Crippen LogP contribution in [0.4, 0.5) is 8.78 Å². The lowest BCUT2D eigenvalue weighted by molar-refractivity contribution is 0.414. The average Bonchev–Trinajstić information content (AvgIpc) is 2.43. The van der Waals surface area contributed by atoms with Crippen molar-refractivity contribution in [2.24, 2.45) is 5.92 Å². The van der Waals surface area contributed by atoms with Crippen molar-refractivity contribution in [2.75, 3.05) is 6.54 Å². The molecule has 0 radical (unpaired) electrons. The van der Waals surface area contributed by atoms with Crippen molar-refractivity contribution < 1.29 is 8.78 Å². The quantitative estimate of drug-likeness (QED) is 0.826. The lowest BCUT2D eigenvalue weighted by Crippen LogP contribution is -2.27. The molecule has 21 heavy (non-hydrogen) atoms. The fourth-order valence-electron chi connectivity index (χ4n) is 2.53. The smallest absolute Gasteiger partial charge is 0.126 e. The molecule has 0 saturated carbocycles. The van der Waals surface area contributed by atoms with Crippen molar-refractivity contribution in [3.63, 3.8) is 0 Å². The third-order valence-electron chi connectivity index (χ3n) is 3.53. The molecule has 0 aliphatic rings. The van der Waals surface area contributed by atoms with Gasteiger partial charge in [-0.25, -0.2) is 8.78 Å². The third kappa shape index (κ3) is 4.64. The van der Waals surface area contributed by atoms with Gasteiger partial charge in [-0.1, -0.05) is 44.2 Å². The van der Waals surface area contributed by atoms with E-state index in [9.17, 15) is 8.78 Å². The summed E-state index contributed by atoms with van der Waals surface area (Å²) in [6.45, 7) is 5.00. The number of benzene rings is 2. The van der Waals surface area contributed by atoms with Crippen LogP contribution in [0.2, 0.25) is 0 Å². The number of hydrogen-bond donors (Lipinski definition) is 1. The Morgan fingerprint density at radius 2 is 1.57 bits per heavy atom. The van der Waals surface area contributed by atoms with E-state index in [-0.39, 0.29) is 6.04 Å². The molecule has 0 amide bonds. The largest absolute Gasteiger partial charge is 0.309 e. The van der Waals surface area contributed by atoms with Crippen LogP contribution in [0.25, 0.3) is 0 Å². The van der Waals surface area contributed by atoms with Gasteiger partial charge in [0.05, 0.1) is 0 Å². The molecule has 0 aliphatic carbocycles. The first-order valence-corrected chi connectivity index (χ1v) is 7.29. The summed E-state index contributed by atoms with van der Waals surface area (Å²) in [5.74, 6) is -0.599. The van der Waals surface area contributed by atoms with Gasteiger partial charge in [0.1, 0.15) is 11.6 Å². The van der Waals surface area contributed by atoms with Crippen molar-refractivity contribution in [3.8, 4) is 0 Å². The molecule has 0 bridgehead atoms. The minimum absolute atomic E-state index is 0.240. The van der Waals surface area contributed by atoms with Crippen LogP contribution in [0.15, 0.2) is 48.5 Å². The van der Waals surface area contributed by atoms with Crippen molar-refractivity contribution in [1.82, 2.24) is 5.32 Å². The van der Waals surface area contributed by atoms with Gasteiger partial charge in [-0.15, -0.1) is 0 Å². The zero-order chi connectivity index (χ0) is 15.2. The molecular weight excluding hydrogens is 268 g/mol. The molecular formula is C18H21F2N. The summed E-state index contributed by atoms with van der Waals surface area (Å²) in [5.41, 5.74) is 1.91. The van der Waals surface area contributed by atoms with Gasteiger partial charge in [-0.05, 0) is 42.1 Å². The van der Waals surface area contributed by atoms with E-state index in [2.05, 4.69) is 31.3 Å². The predicted molar refractivity (Wildman–Crippen MR) is 82.1 cm³/mol. The minimum Gasteiger partial charge on any atom is -0.309 e. The first-order chi connectivity index (χ1) is 10.1. The van der Waals surface area contributed by atoms with Gasteiger partial charge in [0.2, 0.25) is 0 Å². The molecule has 1 N–H and O–H groups in total. The molecule has 2 aromatic rings. The van der Waals surface area contributed by atoms with E-state index < -0.39 is 11.6 Å². The molecule has 0 aromatic heterocycles. The van der Waals surface area contributed by atoms with Gasteiger partial charge >= 0.3 is 0 Å². The maximum absolute atomic E-state index is 13.1. The summed E-state index contributed by atoms with van der Waals surface area (Å²) < 4.78 is 26.3. The molecule has 1 nitrogen and oxygen atoms in total. The highest BCUT2D eigenvalue weighted by molar-refractivity contribution is 5.20. The monoisotopic (exact) mass is 289 g/mol. The molecule has 1 unspecified atom stereocenters. The predicted octanol–water partition coefficient (Wildman–Crippen LogP) is 4.49. The van der Waals surface area contributed by atoms with E-state index in [4.69, 9.17) is 0 Å². The van der Waals surface area contributed by atoms with Gasteiger partial charge in [-0.3, -0.25) is 0 Å². The van der Waals surface area contributed by atoms with Crippen LogP contribution in [0.3, 0.4) is 0 Å². The Morgan fingerprint density at radius 3 is 2.14 bits per heavy atom. The third-order valence-corrected chi connectivity index (χ3v) is 3.53. The maximum atomic E-state index is 13.1. The summed E-state index contributed by atoms with van der Waals surface area (Å²) in [4.78, 5) is 0. The van der Waals surface area contributed by atoms with Crippen LogP contribution in [-0.4, -0.2) is 6.54 Å². The van der Waals surface area contributed by atoms with E-state index in [1.807, 2.05) is 18.2 Å². The lowest BCUT2D eigenvalue weighted by Gasteiger charge is -2.23. The molecule has 2 rings (SSSR count). The van der Waals surface area contributed by atoms with E-state index in [0.29, 0.717) is 24.4 Å². The SMILES string of the molecule is CC(C)C(NCCc1cc(F)cc(F)c1)c1ccccc1. The Balaban J connectivity index is 1.97. The van der Waals surface area contributed by atoms with Crippen LogP contribution in [0, 0.1) is 17.6 Å². The van der Waals surface area contributed by atoms with Crippen molar-refractivity contribution >= 4 is 0 Å². The van der Waals surface area contributed by atoms with Gasteiger partial charge in [0, 0.05) is 12.1 Å². The van der Waals surface area contributed by atoms with Crippen molar-refractivity contribution in [3.05, 3.63) is 71.3 Å². The van der Waals surface area contributed by atoms with Gasteiger partial charge in [-0.2, -0.15) is 0 Å². The fourth-order valence-corrected chi connectivity index (χ4v) is 2.53. The molecule has 0 fully saturated rings. The van der Waals surface area contributed by atoms with Crippen molar-refractivity contribution in [2.45, 2.75) is 26.3 Å². The van der Waals surface area contributed by atoms with E-state index >= 15 is 0 Å². The normalized spacial score (nSPS) is 12.6. The molecule has 0 heterocycles. The average molecular weight is 289 g/mol. The summed E-state index contributed by atoms with van der Waals surface area (Å²) in [5, 5.41) is 3.48. The van der Waals surface area contributed by atoms with Crippen LogP contribution in [0.1, 0.15) is 31.0 Å². The topological polar surface area (TPSA) is 12.0 Å². The fraction of sp³-hybridized carbons (Fsp3) is 0.333. The molecule has 3 heteroatoms. The highest BCUT2D eigenvalue weighted by Gasteiger charge is 2.14. The van der Waals surface area contributed by atoms with Crippen LogP contribution < -0.4 is 5.32 Å². The molecule has 0 spiro atoms. The zero-order valence-corrected chi connectivity index (χ0v) is 12.4. The number of halogens is 2. The molecule has 1 atom stereocenters. The van der Waals surface area contributed by atoms with Gasteiger partial charge < -0.3 is 5.32 Å². The first kappa shape index (κ1) is 15.6. The number of hydrogen-bond acceptors (Lipinski definition) is 1. The molecule has 0 aliphatic heterocycles. The van der Waals surface area contributed by atoms with Crippen LogP contribution in [0.5, 0.6) is 0 Å². The van der Waals surface area contributed by atoms with E-state index in [0.717, 1.165) is 6.07 Å². The second-order valence-electron chi connectivity index (χ2n) is 5.61. The molecule has 2 aromatic carbocycles. The number of rotatable bonds is 6. The Bertz CT molecular complexity index is 546. The Labute approximate surface area is 125 Å². The Morgan fingerprint density at radius 1 is 0.952 bits per heavy atom. The first-order valence-electron chi connectivity index (χ1n) is 7.29. The molecule has 0 saturated heterocycles. The summed E-state index contributed by atoms with van der Waals surface area (Å²) >= 11 is 0. The standard InChI is InChI=1S/C18H21F2N/c1-13(2)18(15-6-4-3-5-7-15)21-9-8-14-10-16(19)12-17(20)11-14/h3-7,10-13,18,21H,8-9H2,1-2H3. The minimum atomic E-state index is -0.520. The van der Waals surface area contributed by atoms with Gasteiger partial charge in [0.25, 0.3) is 0 Å². The Kier molecular flexibility index (Phi) is 5.45. The highest BCUT2D eigenvalue weighted by Crippen LogP contribution is 2.21. The maximum Gasteiger partial charge on any atom is 0.126 e. The molecule has 112 valence electrons. The summed E-state index contributed by atoms with van der Waals surface area (Å²) in [7, 11) is 0. The van der Waals surface area contributed by atoms with E-state index in [1.54, 1.807) is 0 Å². The summed E-state index contributed by atoms with van der Waals surface area (Å²) in [6, 6.07) is 14.1. The number of nitrogens with one attached hydrogen (secondary N) is 1. The van der Waals surface area contributed by atoms with E-state index in [1.165, 1.54) is 17.7 Å². The van der Waals surface area contributed by atoms with Crippen LogP contribution in [-0.2, 0) is 6.42 Å². The summed E-state index contributed by atoms with van der Waals surface area (Å²) in [6.07, 6.45) is 0.602. The van der Waals surface area contributed by atoms with Crippen LogP contribution >= 0.6 is 0 Å². The highest BCUT2D eigenvalue weighted by atomic mass is 19.1. The second-order valence-corrected chi connectivity index (χ2v) is 5.61.